The van der Waals surface area contributed by atoms with E-state index < -0.39 is 0 Å². The summed E-state index contributed by atoms with van der Waals surface area (Å²) >= 11 is 5.98. The van der Waals surface area contributed by atoms with Gasteiger partial charge in [-0.3, -0.25) is 9.78 Å². The van der Waals surface area contributed by atoms with Gasteiger partial charge >= 0.3 is 0 Å². The third-order valence-electron chi connectivity index (χ3n) is 3.79. The van der Waals surface area contributed by atoms with Crippen molar-refractivity contribution in [3.8, 4) is 11.6 Å². The fourth-order valence-electron chi connectivity index (χ4n) is 2.52. The number of pyridine rings is 1. The molecule has 2 heterocycles. The topological polar surface area (TPSA) is 77.0 Å². The van der Waals surface area contributed by atoms with Crippen molar-refractivity contribution in [3.05, 3.63) is 83.9 Å². The second-order valence-corrected chi connectivity index (χ2v) is 5.98. The van der Waals surface area contributed by atoms with Gasteiger partial charge in [0.15, 0.2) is 0 Å². The lowest BCUT2D eigenvalue weighted by atomic mass is 10.2. The fraction of sp³-hybridized carbons (Fsp3) is 0. The van der Waals surface area contributed by atoms with Gasteiger partial charge in [0.05, 0.1) is 16.5 Å². The number of carbonyl (C=O) groups excluding carboxylic acids is 1. The standard InChI is InChI=1S/C20H13ClN4O2/c21-20-24-17-6-2-1-5-16(17)19(25-20)27-15-9-7-14(8-10-15)23-18(26)13-4-3-11-22-12-13/h1-12H,(H,23,26). The maximum absolute atomic E-state index is 12.2. The van der Waals surface area contributed by atoms with Crippen molar-refractivity contribution in [2.24, 2.45) is 0 Å². The van der Waals surface area contributed by atoms with Crippen molar-refractivity contribution >= 4 is 34.1 Å². The number of para-hydroxylation sites is 1. The molecule has 2 aromatic carbocycles. The van der Waals surface area contributed by atoms with Crippen LogP contribution in [0.15, 0.2) is 73.1 Å². The Hall–Kier alpha value is -3.51. The molecule has 0 saturated heterocycles. The Bertz CT molecular complexity index is 1100. The van der Waals surface area contributed by atoms with Crippen molar-refractivity contribution in [1.82, 2.24) is 15.0 Å². The number of carbonyl (C=O) groups is 1. The molecule has 0 aliphatic heterocycles. The second-order valence-electron chi connectivity index (χ2n) is 5.64. The van der Waals surface area contributed by atoms with E-state index in [1.54, 1.807) is 42.6 Å². The van der Waals surface area contributed by atoms with Crippen LogP contribution in [0.1, 0.15) is 10.4 Å². The summed E-state index contributed by atoms with van der Waals surface area (Å²) in [5.74, 6) is 0.706. The molecule has 1 amide bonds. The van der Waals surface area contributed by atoms with Crippen molar-refractivity contribution in [2.45, 2.75) is 0 Å². The van der Waals surface area contributed by atoms with E-state index in [1.165, 1.54) is 6.20 Å². The van der Waals surface area contributed by atoms with E-state index in [4.69, 9.17) is 16.3 Å². The number of hydrogen-bond acceptors (Lipinski definition) is 5. The van der Waals surface area contributed by atoms with Crippen molar-refractivity contribution in [1.29, 1.82) is 0 Å². The highest BCUT2D eigenvalue weighted by Crippen LogP contribution is 2.29. The molecule has 0 aliphatic carbocycles. The number of benzene rings is 2. The summed E-state index contributed by atoms with van der Waals surface area (Å²) in [5, 5.41) is 3.68. The molecule has 0 unspecified atom stereocenters. The molecule has 1 N–H and O–H groups in total. The lowest BCUT2D eigenvalue weighted by molar-refractivity contribution is 0.102. The Morgan fingerprint density at radius 3 is 2.56 bits per heavy atom. The number of amides is 1. The number of halogens is 1. The van der Waals surface area contributed by atoms with Crippen LogP contribution in [0.4, 0.5) is 5.69 Å². The van der Waals surface area contributed by atoms with E-state index >= 15 is 0 Å². The average molecular weight is 377 g/mol. The summed E-state index contributed by atoms with van der Waals surface area (Å²) in [6.45, 7) is 0. The van der Waals surface area contributed by atoms with Gasteiger partial charge in [-0.2, -0.15) is 4.98 Å². The SMILES string of the molecule is O=C(Nc1ccc(Oc2nc(Cl)nc3ccccc23)cc1)c1cccnc1. The summed E-state index contributed by atoms with van der Waals surface area (Å²) in [6, 6.07) is 17.8. The third-order valence-corrected chi connectivity index (χ3v) is 3.96. The Labute approximate surface area is 159 Å². The quantitative estimate of drug-likeness (QED) is 0.521. The van der Waals surface area contributed by atoms with E-state index in [2.05, 4.69) is 20.3 Å². The zero-order valence-corrected chi connectivity index (χ0v) is 14.7. The van der Waals surface area contributed by atoms with Crippen LogP contribution in [0.5, 0.6) is 11.6 Å². The predicted octanol–water partition coefficient (Wildman–Crippen LogP) is 4.72. The fourth-order valence-corrected chi connectivity index (χ4v) is 2.68. The highest BCUT2D eigenvalue weighted by atomic mass is 35.5. The van der Waals surface area contributed by atoms with Crippen LogP contribution in [-0.4, -0.2) is 20.9 Å². The molecule has 0 spiro atoms. The van der Waals surface area contributed by atoms with Crippen LogP contribution >= 0.6 is 11.6 Å². The molecule has 0 bridgehead atoms. The van der Waals surface area contributed by atoms with E-state index in [-0.39, 0.29) is 11.2 Å². The van der Waals surface area contributed by atoms with Gasteiger partial charge in [0.2, 0.25) is 11.2 Å². The maximum Gasteiger partial charge on any atom is 0.257 e. The second kappa shape index (κ2) is 7.39. The van der Waals surface area contributed by atoms with Crippen molar-refractivity contribution in [2.75, 3.05) is 5.32 Å². The van der Waals surface area contributed by atoms with Gasteiger partial charge in [-0.1, -0.05) is 12.1 Å². The van der Waals surface area contributed by atoms with Crippen LogP contribution in [0.3, 0.4) is 0 Å². The van der Waals surface area contributed by atoms with E-state index in [0.717, 1.165) is 5.39 Å². The van der Waals surface area contributed by atoms with Crippen LogP contribution in [0.25, 0.3) is 10.9 Å². The molecular formula is C20H13ClN4O2. The van der Waals surface area contributed by atoms with E-state index in [1.807, 2.05) is 24.3 Å². The minimum atomic E-state index is -0.231. The number of aromatic nitrogens is 3. The smallest absolute Gasteiger partial charge is 0.257 e. The van der Waals surface area contributed by atoms with E-state index in [0.29, 0.717) is 28.4 Å². The Morgan fingerprint density at radius 2 is 1.78 bits per heavy atom. The average Bonchev–Trinajstić information content (AvgIpc) is 2.70. The third kappa shape index (κ3) is 3.86. The highest BCUT2D eigenvalue weighted by Gasteiger charge is 2.09. The molecule has 0 atom stereocenters. The van der Waals surface area contributed by atoms with Gasteiger partial charge in [0, 0.05) is 18.1 Å². The predicted molar refractivity (Wildman–Crippen MR) is 103 cm³/mol. The summed E-state index contributed by atoms with van der Waals surface area (Å²) in [6.07, 6.45) is 3.13. The number of hydrogen-bond donors (Lipinski definition) is 1. The minimum Gasteiger partial charge on any atom is -0.438 e. The van der Waals surface area contributed by atoms with Gasteiger partial charge in [0.1, 0.15) is 5.75 Å². The maximum atomic E-state index is 12.2. The molecule has 0 saturated carbocycles. The number of ether oxygens (including phenoxy) is 1. The van der Waals surface area contributed by atoms with E-state index in [9.17, 15) is 4.79 Å². The van der Waals surface area contributed by atoms with Crippen LogP contribution in [0.2, 0.25) is 5.28 Å². The molecule has 27 heavy (non-hydrogen) atoms. The molecule has 0 radical (unpaired) electrons. The lowest BCUT2D eigenvalue weighted by Crippen LogP contribution is -2.11. The Kier molecular flexibility index (Phi) is 4.63. The summed E-state index contributed by atoms with van der Waals surface area (Å²) in [4.78, 5) is 24.4. The van der Waals surface area contributed by atoms with Crippen LogP contribution < -0.4 is 10.1 Å². The largest absolute Gasteiger partial charge is 0.438 e. The molecule has 4 rings (SSSR count). The molecule has 0 aliphatic rings. The molecule has 6 nitrogen and oxygen atoms in total. The lowest BCUT2D eigenvalue weighted by Gasteiger charge is -2.09. The highest BCUT2D eigenvalue weighted by molar-refractivity contribution is 6.28. The van der Waals surface area contributed by atoms with Gasteiger partial charge < -0.3 is 10.1 Å². The first-order valence-electron chi connectivity index (χ1n) is 8.10. The van der Waals surface area contributed by atoms with Crippen molar-refractivity contribution in [3.63, 3.8) is 0 Å². The summed E-state index contributed by atoms with van der Waals surface area (Å²) in [7, 11) is 0. The molecule has 132 valence electrons. The number of rotatable bonds is 4. The molecule has 7 heteroatoms. The number of fused-ring (bicyclic) bond motifs is 1. The van der Waals surface area contributed by atoms with Crippen LogP contribution in [0, 0.1) is 0 Å². The first-order valence-corrected chi connectivity index (χ1v) is 8.48. The summed E-state index contributed by atoms with van der Waals surface area (Å²) in [5.41, 5.74) is 1.83. The first kappa shape index (κ1) is 16.9. The summed E-state index contributed by atoms with van der Waals surface area (Å²) < 4.78 is 5.86. The monoisotopic (exact) mass is 376 g/mol. The Balaban J connectivity index is 1.53. The molecule has 4 aromatic rings. The minimum absolute atomic E-state index is 0.115. The molecular weight excluding hydrogens is 364 g/mol. The van der Waals surface area contributed by atoms with Gasteiger partial charge in [-0.25, -0.2) is 4.98 Å². The molecule has 2 aromatic heterocycles. The number of nitrogens with zero attached hydrogens (tertiary/aromatic N) is 3. The zero-order valence-electron chi connectivity index (χ0n) is 14.0. The Morgan fingerprint density at radius 1 is 0.963 bits per heavy atom. The molecule has 0 fully saturated rings. The first-order chi connectivity index (χ1) is 13.2. The van der Waals surface area contributed by atoms with Gasteiger partial charge in [0.25, 0.3) is 5.91 Å². The van der Waals surface area contributed by atoms with Crippen LogP contribution in [-0.2, 0) is 0 Å². The van der Waals surface area contributed by atoms with Gasteiger partial charge in [-0.15, -0.1) is 0 Å². The van der Waals surface area contributed by atoms with Crippen molar-refractivity contribution < 1.29 is 9.53 Å². The normalized spacial score (nSPS) is 10.6. The number of nitrogens with one attached hydrogen (secondary N) is 1. The number of anilines is 1. The zero-order chi connectivity index (χ0) is 18.6. The van der Waals surface area contributed by atoms with Gasteiger partial charge in [-0.05, 0) is 60.1 Å².